The number of hydrogen-bond donors (Lipinski definition) is 1. The Labute approximate surface area is 155 Å². The van der Waals surface area contributed by atoms with E-state index in [0.717, 1.165) is 45.8 Å². The molecule has 146 valence electrons. The molecule has 2 heterocycles. The molecule has 1 saturated heterocycles. The van der Waals surface area contributed by atoms with Crippen molar-refractivity contribution in [1.82, 2.24) is 14.9 Å². The van der Waals surface area contributed by atoms with Crippen LogP contribution in [0.25, 0.3) is 11.4 Å². The smallest absolute Gasteiger partial charge is 0.406 e. The highest BCUT2D eigenvalue weighted by atomic mass is 19.4. The van der Waals surface area contributed by atoms with E-state index in [9.17, 15) is 13.2 Å². The van der Waals surface area contributed by atoms with Gasteiger partial charge >= 0.3 is 6.36 Å². The van der Waals surface area contributed by atoms with Crippen LogP contribution in [0.3, 0.4) is 0 Å². The molecule has 1 aliphatic rings. The van der Waals surface area contributed by atoms with Crippen LogP contribution in [0.1, 0.15) is 6.42 Å². The Morgan fingerprint density at radius 2 is 2.00 bits per heavy atom. The van der Waals surface area contributed by atoms with Gasteiger partial charge in [0.25, 0.3) is 0 Å². The highest BCUT2D eigenvalue weighted by Crippen LogP contribution is 2.26. The molecule has 0 amide bonds. The van der Waals surface area contributed by atoms with E-state index in [0.29, 0.717) is 17.2 Å². The average Bonchev–Trinajstić information content (AvgIpc) is 2.65. The lowest BCUT2D eigenvalue weighted by Gasteiger charge is -2.26. The van der Waals surface area contributed by atoms with Crippen LogP contribution in [0.15, 0.2) is 36.5 Å². The van der Waals surface area contributed by atoms with Gasteiger partial charge in [-0.25, -0.2) is 9.97 Å². The van der Waals surface area contributed by atoms with E-state index in [1.165, 1.54) is 18.2 Å². The number of aromatic nitrogens is 2. The maximum Gasteiger partial charge on any atom is 0.573 e. The number of ether oxygens (including phenoxy) is 2. The number of anilines is 1. The van der Waals surface area contributed by atoms with Gasteiger partial charge in [-0.3, -0.25) is 4.90 Å². The van der Waals surface area contributed by atoms with E-state index < -0.39 is 6.36 Å². The third kappa shape index (κ3) is 6.37. The summed E-state index contributed by atoms with van der Waals surface area (Å²) in [6.07, 6.45) is -2.21. The van der Waals surface area contributed by atoms with Crippen LogP contribution >= 0.6 is 0 Å². The molecular weight excluding hydrogens is 361 g/mol. The molecule has 1 aliphatic heterocycles. The third-order valence-electron chi connectivity index (χ3n) is 4.04. The molecule has 6 nitrogen and oxygen atoms in total. The quantitative estimate of drug-likeness (QED) is 0.743. The lowest BCUT2D eigenvalue weighted by atomic mass is 10.2. The molecule has 0 aliphatic carbocycles. The Balaban J connectivity index is 1.56. The van der Waals surface area contributed by atoms with E-state index >= 15 is 0 Å². The van der Waals surface area contributed by atoms with Crippen LogP contribution in [0.5, 0.6) is 5.75 Å². The van der Waals surface area contributed by atoms with Gasteiger partial charge in [0.1, 0.15) is 11.6 Å². The maximum absolute atomic E-state index is 12.4. The molecule has 1 aromatic carbocycles. The van der Waals surface area contributed by atoms with Crippen molar-refractivity contribution in [2.75, 3.05) is 44.7 Å². The molecular formula is C18H21F3N4O2. The number of halogens is 3. The van der Waals surface area contributed by atoms with Gasteiger partial charge in [0.15, 0.2) is 5.82 Å². The fourth-order valence-electron chi connectivity index (χ4n) is 2.77. The minimum Gasteiger partial charge on any atom is -0.406 e. The molecule has 1 N–H and O–H groups in total. The molecule has 0 radical (unpaired) electrons. The minimum absolute atomic E-state index is 0.299. The molecule has 0 unspecified atom stereocenters. The molecule has 1 fully saturated rings. The van der Waals surface area contributed by atoms with Gasteiger partial charge in [0.2, 0.25) is 0 Å². The molecule has 27 heavy (non-hydrogen) atoms. The number of hydrogen-bond acceptors (Lipinski definition) is 6. The summed E-state index contributed by atoms with van der Waals surface area (Å²) in [4.78, 5) is 10.9. The summed E-state index contributed by atoms with van der Waals surface area (Å²) in [5.74, 6) is 0.664. The van der Waals surface area contributed by atoms with E-state index in [2.05, 4.69) is 24.9 Å². The summed E-state index contributed by atoms with van der Waals surface area (Å²) >= 11 is 0. The number of rotatable bonds is 7. The van der Waals surface area contributed by atoms with Crippen molar-refractivity contribution in [1.29, 1.82) is 0 Å². The second-order valence-electron chi connectivity index (χ2n) is 6.08. The highest BCUT2D eigenvalue weighted by Gasteiger charge is 2.31. The van der Waals surface area contributed by atoms with Crippen LogP contribution in [0.4, 0.5) is 19.0 Å². The van der Waals surface area contributed by atoms with Crippen LogP contribution < -0.4 is 10.1 Å². The van der Waals surface area contributed by atoms with Crippen molar-refractivity contribution in [3.05, 3.63) is 36.5 Å². The van der Waals surface area contributed by atoms with Crippen LogP contribution in [0, 0.1) is 0 Å². The maximum atomic E-state index is 12.4. The predicted octanol–water partition coefficient (Wildman–Crippen LogP) is 3.18. The Hall–Kier alpha value is -2.39. The SMILES string of the molecule is FC(F)(F)Oc1cccc(-c2nccc(NCCCN3CCOCC3)n2)c1. The number of nitrogens with zero attached hydrogens (tertiary/aromatic N) is 3. The summed E-state index contributed by atoms with van der Waals surface area (Å²) in [5.41, 5.74) is 0.453. The average molecular weight is 382 g/mol. The predicted molar refractivity (Wildman–Crippen MR) is 94.5 cm³/mol. The van der Waals surface area contributed by atoms with Crippen molar-refractivity contribution >= 4 is 5.82 Å². The first-order valence-corrected chi connectivity index (χ1v) is 8.73. The Morgan fingerprint density at radius 1 is 1.19 bits per heavy atom. The monoisotopic (exact) mass is 382 g/mol. The zero-order chi connectivity index (χ0) is 19.1. The molecule has 0 saturated carbocycles. The fourth-order valence-corrected chi connectivity index (χ4v) is 2.77. The van der Waals surface area contributed by atoms with Gasteiger partial charge in [-0.05, 0) is 31.2 Å². The molecule has 2 aromatic rings. The van der Waals surface area contributed by atoms with Gasteiger partial charge in [0.05, 0.1) is 13.2 Å². The standard InChI is InChI=1S/C18H21F3N4O2/c19-18(20,21)27-15-4-1-3-14(13-15)17-23-7-5-16(24-17)22-6-2-8-25-9-11-26-12-10-25/h1,3-5,7,13H,2,6,8-12H2,(H,22,23,24). The Kier molecular flexibility index (Phi) is 6.46. The molecule has 9 heteroatoms. The summed E-state index contributed by atoms with van der Waals surface area (Å²) in [6, 6.07) is 7.35. The second kappa shape index (κ2) is 9.01. The van der Waals surface area contributed by atoms with Crippen molar-refractivity contribution in [3.8, 4) is 17.1 Å². The number of nitrogens with one attached hydrogen (secondary N) is 1. The van der Waals surface area contributed by atoms with Gasteiger partial charge in [-0.15, -0.1) is 13.2 Å². The molecule has 1 aromatic heterocycles. The molecule has 0 atom stereocenters. The third-order valence-corrected chi connectivity index (χ3v) is 4.04. The Morgan fingerprint density at radius 3 is 2.78 bits per heavy atom. The minimum atomic E-state index is -4.73. The van der Waals surface area contributed by atoms with E-state index in [1.54, 1.807) is 18.3 Å². The lowest BCUT2D eigenvalue weighted by Crippen LogP contribution is -2.37. The first-order chi connectivity index (χ1) is 13.0. The molecule has 3 rings (SSSR count). The van der Waals surface area contributed by atoms with E-state index in [4.69, 9.17) is 4.74 Å². The van der Waals surface area contributed by atoms with E-state index in [-0.39, 0.29) is 5.75 Å². The highest BCUT2D eigenvalue weighted by molar-refractivity contribution is 5.59. The molecule has 0 bridgehead atoms. The van der Waals surface area contributed by atoms with Crippen molar-refractivity contribution in [2.45, 2.75) is 12.8 Å². The number of benzene rings is 1. The second-order valence-corrected chi connectivity index (χ2v) is 6.08. The zero-order valence-electron chi connectivity index (χ0n) is 14.7. The van der Waals surface area contributed by atoms with Crippen LogP contribution in [0.2, 0.25) is 0 Å². The normalized spacial score (nSPS) is 15.5. The fraction of sp³-hybridized carbons (Fsp3) is 0.444. The Bertz CT molecular complexity index is 737. The first kappa shape index (κ1) is 19.4. The number of alkyl halides is 3. The van der Waals surface area contributed by atoms with Crippen molar-refractivity contribution in [2.24, 2.45) is 0 Å². The van der Waals surface area contributed by atoms with Crippen LogP contribution in [-0.2, 0) is 4.74 Å². The van der Waals surface area contributed by atoms with Gasteiger partial charge < -0.3 is 14.8 Å². The van der Waals surface area contributed by atoms with Gasteiger partial charge in [-0.1, -0.05) is 12.1 Å². The van der Waals surface area contributed by atoms with Crippen molar-refractivity contribution < 1.29 is 22.6 Å². The summed E-state index contributed by atoms with van der Waals surface area (Å²) < 4.78 is 46.4. The van der Waals surface area contributed by atoms with E-state index in [1.807, 2.05) is 0 Å². The lowest BCUT2D eigenvalue weighted by molar-refractivity contribution is -0.274. The first-order valence-electron chi connectivity index (χ1n) is 8.73. The largest absolute Gasteiger partial charge is 0.573 e. The zero-order valence-corrected chi connectivity index (χ0v) is 14.7. The number of morpholine rings is 1. The summed E-state index contributed by atoms with van der Waals surface area (Å²) in [7, 11) is 0. The van der Waals surface area contributed by atoms with Gasteiger partial charge in [-0.2, -0.15) is 0 Å². The van der Waals surface area contributed by atoms with Crippen molar-refractivity contribution in [3.63, 3.8) is 0 Å². The summed E-state index contributed by atoms with van der Waals surface area (Å²) in [6.45, 7) is 5.18. The van der Waals surface area contributed by atoms with Crippen LogP contribution in [-0.4, -0.2) is 60.6 Å². The van der Waals surface area contributed by atoms with Gasteiger partial charge in [0, 0.05) is 31.4 Å². The summed E-state index contributed by atoms with van der Waals surface area (Å²) in [5, 5.41) is 3.23. The topological polar surface area (TPSA) is 59.5 Å². The molecule has 0 spiro atoms.